The summed E-state index contributed by atoms with van der Waals surface area (Å²) < 4.78 is 112. The Kier molecular flexibility index (Phi) is 9.86. The van der Waals surface area contributed by atoms with Crippen molar-refractivity contribution in [2.45, 2.75) is 78.6 Å². The minimum Gasteiger partial charge on any atom is -0.311 e. The van der Waals surface area contributed by atoms with Crippen LogP contribution in [-0.2, 0) is 16.2 Å². The van der Waals surface area contributed by atoms with Gasteiger partial charge in [0, 0.05) is 44.9 Å². The molecule has 86 heavy (non-hydrogen) atoms. The van der Waals surface area contributed by atoms with Crippen LogP contribution in [0.15, 0.2) is 236 Å². The third-order valence-electron chi connectivity index (χ3n) is 17.0. The molecular formula is C80H66BN5. The summed E-state index contributed by atoms with van der Waals surface area (Å²) in [7, 11) is 0. The van der Waals surface area contributed by atoms with E-state index in [2.05, 4.69) is 164 Å². The second kappa shape index (κ2) is 20.3. The number of hydrogen-bond donors (Lipinski definition) is 0. The van der Waals surface area contributed by atoms with Gasteiger partial charge in [0.05, 0.1) is 50.4 Å². The fourth-order valence-corrected chi connectivity index (χ4v) is 12.5. The molecule has 414 valence electrons. The standard InChI is InChI=1S/C80H66BN5/c1-78(2,3)61-39-60(40-62(45-61)79(4,5)6)55-32-36-72-69(43-55)81-68-34-31-56(52-21-13-10-14-22-52)44-74(68)86(73-48-64(33-30-57(73)50-83)84-70-28-20-19-27-66(70)67-37-51(49-82)29-35-71(67)84)76-47-63(80(7,8)9)46-75(77(76)81)85(72)65-41-58(53-23-15-11-16-24-53)38-59(42-65)54-25-17-12-18-26-54/h10-48H,1-9H3/i10D,13D,14D,19D,20D,21D,22D,27D,28D,29D,35D,37D. The molecule has 0 aliphatic carbocycles. The van der Waals surface area contributed by atoms with Crippen LogP contribution < -0.4 is 26.2 Å². The highest BCUT2D eigenvalue weighted by Gasteiger charge is 2.45. The predicted octanol–water partition coefficient (Wildman–Crippen LogP) is 19.2. The third-order valence-corrected chi connectivity index (χ3v) is 17.0. The molecule has 0 N–H and O–H groups in total. The Labute approximate surface area is 523 Å². The molecular weight excluding hydrogens is 1040 g/mol. The maximum Gasteiger partial charge on any atom is 0.252 e. The van der Waals surface area contributed by atoms with Crippen LogP contribution in [0, 0.1) is 22.7 Å². The summed E-state index contributed by atoms with van der Waals surface area (Å²) in [6.45, 7) is 19.1. The van der Waals surface area contributed by atoms with Gasteiger partial charge < -0.3 is 14.4 Å². The summed E-state index contributed by atoms with van der Waals surface area (Å²) in [5, 5.41) is 21.8. The van der Waals surface area contributed by atoms with E-state index in [0.717, 1.165) is 72.4 Å². The minimum absolute atomic E-state index is 0.0436. The van der Waals surface area contributed by atoms with Crippen molar-refractivity contribution in [2.75, 3.05) is 9.80 Å². The van der Waals surface area contributed by atoms with E-state index >= 15 is 0 Å². The summed E-state index contributed by atoms with van der Waals surface area (Å²) in [6, 6.07) is 53.8. The number of nitriles is 2. The Morgan fingerprint density at radius 1 is 0.384 bits per heavy atom. The number of rotatable bonds is 7. The van der Waals surface area contributed by atoms with E-state index in [1.165, 1.54) is 15.7 Å². The van der Waals surface area contributed by atoms with E-state index < -0.39 is 90.2 Å². The second-order valence-corrected chi connectivity index (χ2v) is 25.6. The Morgan fingerprint density at radius 2 is 0.965 bits per heavy atom. The smallest absolute Gasteiger partial charge is 0.252 e. The SMILES string of the molecule is [2H]c1c([2H])c([2H])c(-c2ccc3c(c2)N(c2cc(-n4c5c([2H])c([2H])c([2H])c([2H])c5c5c([2H])c(C#N)c([2H])c([2H])c54)ccc2C#N)c2cc(C(C)(C)C)cc4c2B3c2cc(-c3cc(C(C)(C)C)cc(C(C)(C)C)c3)ccc2N4c2cc(-c3ccccc3)cc(-c3ccccc3)c2)c([2H])c1[2H]. The summed E-state index contributed by atoms with van der Waals surface area (Å²) in [5.74, 6) is 0. The summed E-state index contributed by atoms with van der Waals surface area (Å²) in [4.78, 5) is 4.31. The van der Waals surface area contributed by atoms with E-state index in [4.69, 9.17) is 8.22 Å². The first kappa shape index (κ1) is 41.8. The lowest BCUT2D eigenvalue weighted by molar-refractivity contribution is 0.569. The monoisotopic (exact) mass is 1120 g/mol. The number of para-hydroxylation sites is 1. The van der Waals surface area contributed by atoms with Crippen LogP contribution >= 0.6 is 0 Å². The molecule has 0 spiro atoms. The van der Waals surface area contributed by atoms with Crippen molar-refractivity contribution in [1.29, 1.82) is 10.5 Å². The summed E-state index contributed by atoms with van der Waals surface area (Å²) in [6.07, 6.45) is 0. The molecule has 12 aromatic rings. The van der Waals surface area contributed by atoms with Gasteiger partial charge in [-0.3, -0.25) is 0 Å². The number of fused-ring (bicyclic) bond motifs is 7. The van der Waals surface area contributed by atoms with Crippen molar-refractivity contribution >= 4 is 79.0 Å². The van der Waals surface area contributed by atoms with Gasteiger partial charge in [-0.1, -0.05) is 214 Å². The van der Waals surface area contributed by atoms with Gasteiger partial charge >= 0.3 is 0 Å². The van der Waals surface area contributed by atoms with Crippen molar-refractivity contribution in [1.82, 2.24) is 4.57 Å². The summed E-state index contributed by atoms with van der Waals surface area (Å²) in [5.41, 5.74) is 14.5. The zero-order valence-corrected chi connectivity index (χ0v) is 49.4. The average Bonchev–Trinajstić information content (AvgIpc) is 1.03. The van der Waals surface area contributed by atoms with Crippen LogP contribution in [0.4, 0.5) is 34.1 Å². The van der Waals surface area contributed by atoms with Gasteiger partial charge in [0.2, 0.25) is 0 Å². The van der Waals surface area contributed by atoms with Gasteiger partial charge in [-0.25, -0.2) is 0 Å². The first-order valence-electron chi connectivity index (χ1n) is 35.0. The molecule has 1 aromatic heterocycles. The molecule has 3 heterocycles. The van der Waals surface area contributed by atoms with Crippen molar-refractivity contribution in [3.05, 3.63) is 264 Å². The summed E-state index contributed by atoms with van der Waals surface area (Å²) >= 11 is 0. The Bertz CT molecular complexity index is 5420. The molecule has 0 amide bonds. The predicted molar refractivity (Wildman–Crippen MR) is 362 cm³/mol. The number of nitrogens with zero attached hydrogens (tertiary/aromatic N) is 5. The van der Waals surface area contributed by atoms with Crippen LogP contribution in [0.2, 0.25) is 0 Å². The molecule has 2 aliphatic heterocycles. The zero-order chi connectivity index (χ0) is 69.8. The van der Waals surface area contributed by atoms with Gasteiger partial charge in [-0.2, -0.15) is 10.5 Å². The van der Waals surface area contributed by atoms with Gasteiger partial charge in [-0.15, -0.1) is 0 Å². The molecule has 14 rings (SSSR count). The van der Waals surface area contributed by atoms with Crippen molar-refractivity contribution in [3.8, 4) is 62.3 Å². The number of benzene rings is 11. The fourth-order valence-electron chi connectivity index (χ4n) is 12.5. The van der Waals surface area contributed by atoms with E-state index in [-0.39, 0.29) is 55.1 Å². The lowest BCUT2D eigenvalue weighted by Gasteiger charge is -2.45. The van der Waals surface area contributed by atoms with Crippen molar-refractivity contribution in [3.63, 3.8) is 0 Å². The van der Waals surface area contributed by atoms with Crippen molar-refractivity contribution in [2.24, 2.45) is 0 Å². The highest BCUT2D eigenvalue weighted by Crippen LogP contribution is 2.50. The van der Waals surface area contributed by atoms with E-state index in [1.54, 1.807) is 24.3 Å². The quantitative estimate of drug-likeness (QED) is 0.149. The van der Waals surface area contributed by atoms with Crippen LogP contribution in [0.25, 0.3) is 72.0 Å². The maximum atomic E-state index is 11.7. The Hall–Kier alpha value is -10.1. The van der Waals surface area contributed by atoms with Gasteiger partial charge in [0.1, 0.15) is 6.07 Å². The highest BCUT2D eigenvalue weighted by atomic mass is 15.2. The van der Waals surface area contributed by atoms with Gasteiger partial charge in [0.25, 0.3) is 6.71 Å². The first-order chi connectivity index (χ1) is 46.4. The molecule has 0 unspecified atom stereocenters. The lowest BCUT2D eigenvalue weighted by atomic mass is 9.33. The first-order valence-corrected chi connectivity index (χ1v) is 29.0. The minimum atomic E-state index is -0.604. The molecule has 0 atom stereocenters. The molecule has 0 saturated heterocycles. The third kappa shape index (κ3) is 9.16. The van der Waals surface area contributed by atoms with Gasteiger partial charge in [-0.05, 0) is 179 Å². The van der Waals surface area contributed by atoms with Crippen molar-refractivity contribution < 1.29 is 16.4 Å². The topological polar surface area (TPSA) is 59.0 Å². The van der Waals surface area contributed by atoms with Gasteiger partial charge in [0.15, 0.2) is 0 Å². The lowest BCUT2D eigenvalue weighted by Crippen LogP contribution is -2.61. The zero-order valence-electron chi connectivity index (χ0n) is 61.4. The van der Waals surface area contributed by atoms with Crippen LogP contribution in [0.5, 0.6) is 0 Å². The van der Waals surface area contributed by atoms with Crippen LogP contribution in [0.1, 0.15) is 107 Å². The number of aromatic nitrogens is 1. The fraction of sp³-hybridized carbons (Fsp3) is 0.150. The Morgan fingerprint density at radius 3 is 1.60 bits per heavy atom. The normalized spacial score (nSPS) is 14.8. The van der Waals surface area contributed by atoms with E-state index in [1.807, 2.05) is 59.5 Å². The molecule has 0 saturated carbocycles. The molecule has 0 fully saturated rings. The van der Waals surface area contributed by atoms with E-state index in [0.29, 0.717) is 16.9 Å². The molecule has 5 nitrogen and oxygen atoms in total. The Balaban J connectivity index is 1.15. The maximum absolute atomic E-state index is 11.7. The molecule has 2 aliphatic rings. The number of anilines is 6. The average molecular weight is 1120 g/mol. The molecule has 6 heteroatoms. The molecule has 0 bridgehead atoms. The molecule has 11 aromatic carbocycles. The highest BCUT2D eigenvalue weighted by molar-refractivity contribution is 7.00. The second-order valence-electron chi connectivity index (χ2n) is 25.6. The number of hydrogen-bond acceptors (Lipinski definition) is 4. The van der Waals surface area contributed by atoms with E-state index in [9.17, 15) is 18.7 Å². The van der Waals surface area contributed by atoms with Crippen LogP contribution in [0.3, 0.4) is 0 Å². The molecule has 0 radical (unpaired) electrons. The largest absolute Gasteiger partial charge is 0.311 e. The van der Waals surface area contributed by atoms with Crippen LogP contribution in [-0.4, -0.2) is 11.3 Å².